The van der Waals surface area contributed by atoms with E-state index < -0.39 is 0 Å². The number of carbonyl (C=O) groups excluding carboxylic acids is 2. The number of nitrogens with one attached hydrogen (secondary N) is 2. The van der Waals surface area contributed by atoms with Gasteiger partial charge in [-0.1, -0.05) is 37.3 Å². The number of thiophene rings is 1. The third kappa shape index (κ3) is 4.96. The molecule has 0 spiro atoms. The predicted octanol–water partition coefficient (Wildman–Crippen LogP) is 3.78. The third-order valence-electron chi connectivity index (χ3n) is 4.70. The molecule has 0 radical (unpaired) electrons. The van der Waals surface area contributed by atoms with Crippen molar-refractivity contribution < 1.29 is 14.3 Å². The number of hydrogen-bond acceptors (Lipinski definition) is 5. The molecule has 1 amide bonds. The smallest absolute Gasteiger partial charge is 0.341 e. The highest BCUT2D eigenvalue weighted by Gasteiger charge is 2.29. The predicted molar refractivity (Wildman–Crippen MR) is 108 cm³/mol. The molecule has 2 N–H and O–H groups in total. The molecule has 1 aliphatic rings. The normalized spacial score (nSPS) is 15.9. The third-order valence-corrected chi connectivity index (χ3v) is 5.87. The first-order chi connectivity index (χ1) is 13.1. The van der Waals surface area contributed by atoms with E-state index in [-0.39, 0.29) is 18.4 Å². The Morgan fingerprint density at radius 2 is 2.04 bits per heavy atom. The molecule has 144 valence electrons. The van der Waals surface area contributed by atoms with Crippen molar-refractivity contribution in [1.29, 1.82) is 0 Å². The largest absolute Gasteiger partial charge is 0.462 e. The first-order valence-corrected chi connectivity index (χ1v) is 10.3. The highest BCUT2D eigenvalue weighted by molar-refractivity contribution is 7.17. The maximum absolute atomic E-state index is 12.5. The van der Waals surface area contributed by atoms with Crippen molar-refractivity contribution in [2.24, 2.45) is 5.92 Å². The van der Waals surface area contributed by atoms with Crippen molar-refractivity contribution in [1.82, 2.24) is 5.32 Å². The molecular weight excluding hydrogens is 360 g/mol. The highest BCUT2D eigenvalue weighted by atomic mass is 32.1. The summed E-state index contributed by atoms with van der Waals surface area (Å²) in [6.07, 6.45) is 2.87. The Balaban J connectivity index is 1.67. The number of ether oxygens (including phenoxy) is 1. The van der Waals surface area contributed by atoms with Gasteiger partial charge in [-0.05, 0) is 43.2 Å². The van der Waals surface area contributed by atoms with Gasteiger partial charge in [-0.2, -0.15) is 0 Å². The molecule has 1 aromatic heterocycles. The minimum atomic E-state index is -0.336. The van der Waals surface area contributed by atoms with Crippen LogP contribution in [0.15, 0.2) is 30.3 Å². The van der Waals surface area contributed by atoms with Gasteiger partial charge < -0.3 is 15.4 Å². The summed E-state index contributed by atoms with van der Waals surface area (Å²) in [6.45, 7) is 5.16. The van der Waals surface area contributed by atoms with Crippen LogP contribution in [0.1, 0.15) is 46.6 Å². The summed E-state index contributed by atoms with van der Waals surface area (Å²) in [4.78, 5) is 26.1. The van der Waals surface area contributed by atoms with Gasteiger partial charge in [-0.3, -0.25) is 4.79 Å². The minimum absolute atomic E-state index is 0.150. The Morgan fingerprint density at radius 3 is 2.78 bits per heavy atom. The number of rotatable bonds is 7. The summed E-state index contributed by atoms with van der Waals surface area (Å²) in [7, 11) is 0. The van der Waals surface area contributed by atoms with Gasteiger partial charge in [0.2, 0.25) is 5.91 Å². The van der Waals surface area contributed by atoms with Crippen molar-refractivity contribution in [3.63, 3.8) is 0 Å². The lowest BCUT2D eigenvalue weighted by molar-refractivity contribution is -0.115. The number of fused-ring (bicyclic) bond motifs is 1. The molecule has 0 aliphatic heterocycles. The molecule has 0 unspecified atom stereocenters. The average molecular weight is 387 g/mol. The number of anilines is 1. The molecule has 6 heteroatoms. The van der Waals surface area contributed by atoms with Crippen LogP contribution in [0, 0.1) is 5.92 Å². The summed E-state index contributed by atoms with van der Waals surface area (Å²) in [5.41, 5.74) is 2.74. The van der Waals surface area contributed by atoms with E-state index in [0.717, 1.165) is 30.4 Å². The molecule has 27 heavy (non-hydrogen) atoms. The minimum Gasteiger partial charge on any atom is -0.462 e. The number of amides is 1. The van der Waals surface area contributed by atoms with E-state index in [1.54, 1.807) is 6.92 Å². The molecule has 3 rings (SSSR count). The van der Waals surface area contributed by atoms with E-state index in [0.29, 0.717) is 29.6 Å². The van der Waals surface area contributed by atoms with Crippen LogP contribution in [0.5, 0.6) is 0 Å². The van der Waals surface area contributed by atoms with Gasteiger partial charge in [0.1, 0.15) is 5.00 Å². The maximum atomic E-state index is 12.5. The SMILES string of the molecule is CCOC(=O)c1c(NC(=O)CNCc2ccccc2)sc2c1CC[C@H](C)C2. The Bertz CT molecular complexity index is 801. The molecule has 1 atom stereocenters. The number of benzene rings is 1. The molecule has 0 saturated carbocycles. The van der Waals surface area contributed by atoms with E-state index in [4.69, 9.17) is 4.74 Å². The van der Waals surface area contributed by atoms with Gasteiger partial charge in [0.15, 0.2) is 0 Å². The van der Waals surface area contributed by atoms with Gasteiger partial charge in [-0.25, -0.2) is 4.79 Å². The van der Waals surface area contributed by atoms with Crippen LogP contribution in [0.4, 0.5) is 5.00 Å². The molecule has 1 heterocycles. The summed E-state index contributed by atoms with van der Waals surface area (Å²) in [5, 5.41) is 6.69. The van der Waals surface area contributed by atoms with Crippen molar-refractivity contribution in [3.05, 3.63) is 51.9 Å². The molecule has 1 aliphatic carbocycles. The number of carbonyl (C=O) groups is 2. The molecule has 0 bridgehead atoms. The van der Waals surface area contributed by atoms with E-state index in [1.807, 2.05) is 30.3 Å². The van der Waals surface area contributed by atoms with Gasteiger partial charge in [0.05, 0.1) is 18.7 Å². The second kappa shape index (κ2) is 9.15. The zero-order valence-corrected chi connectivity index (χ0v) is 16.7. The van der Waals surface area contributed by atoms with Gasteiger partial charge in [0, 0.05) is 11.4 Å². The van der Waals surface area contributed by atoms with Crippen molar-refractivity contribution in [2.45, 2.75) is 39.7 Å². The lowest BCUT2D eigenvalue weighted by Crippen LogP contribution is -2.28. The van der Waals surface area contributed by atoms with Crippen molar-refractivity contribution >= 4 is 28.2 Å². The fourth-order valence-electron chi connectivity index (χ4n) is 3.35. The topological polar surface area (TPSA) is 67.4 Å². The second-order valence-electron chi connectivity index (χ2n) is 6.91. The first kappa shape index (κ1) is 19.6. The van der Waals surface area contributed by atoms with E-state index >= 15 is 0 Å². The zero-order valence-electron chi connectivity index (χ0n) is 15.8. The van der Waals surface area contributed by atoms with Gasteiger partial charge in [-0.15, -0.1) is 11.3 Å². The Kier molecular flexibility index (Phi) is 6.63. The molecule has 2 aromatic rings. The van der Waals surface area contributed by atoms with Crippen LogP contribution >= 0.6 is 11.3 Å². The van der Waals surface area contributed by atoms with E-state index in [9.17, 15) is 9.59 Å². The monoisotopic (exact) mass is 386 g/mol. The van der Waals surface area contributed by atoms with Crippen molar-refractivity contribution in [3.8, 4) is 0 Å². The Morgan fingerprint density at radius 1 is 1.26 bits per heavy atom. The Labute approximate surface area is 164 Å². The summed E-state index contributed by atoms with van der Waals surface area (Å²) in [6, 6.07) is 9.93. The van der Waals surface area contributed by atoms with Gasteiger partial charge in [0.25, 0.3) is 0 Å². The summed E-state index contributed by atoms with van der Waals surface area (Å²) < 4.78 is 5.24. The van der Waals surface area contributed by atoms with Gasteiger partial charge >= 0.3 is 5.97 Å². The fourth-order valence-corrected chi connectivity index (χ4v) is 4.76. The van der Waals surface area contributed by atoms with Crippen LogP contribution in [0.3, 0.4) is 0 Å². The quantitative estimate of drug-likeness (QED) is 0.711. The maximum Gasteiger partial charge on any atom is 0.341 e. The first-order valence-electron chi connectivity index (χ1n) is 9.44. The van der Waals surface area contributed by atoms with Crippen LogP contribution < -0.4 is 10.6 Å². The van der Waals surface area contributed by atoms with E-state index in [2.05, 4.69) is 17.6 Å². The number of esters is 1. The van der Waals surface area contributed by atoms with Crippen molar-refractivity contribution in [2.75, 3.05) is 18.5 Å². The average Bonchev–Trinajstić information content (AvgIpc) is 2.99. The summed E-state index contributed by atoms with van der Waals surface area (Å²) in [5.74, 6) is 0.113. The molecule has 1 aromatic carbocycles. The lowest BCUT2D eigenvalue weighted by atomic mass is 9.88. The number of hydrogen-bond donors (Lipinski definition) is 2. The molecule has 5 nitrogen and oxygen atoms in total. The van der Waals surface area contributed by atoms with Crippen LogP contribution in [-0.2, 0) is 28.9 Å². The standard InChI is InChI=1S/C21H26N2O3S/c1-3-26-21(25)19-16-10-9-14(2)11-17(16)27-20(19)23-18(24)13-22-12-15-7-5-4-6-8-15/h4-8,14,22H,3,9-13H2,1-2H3,(H,23,24)/t14-/m0/s1. The molecule has 0 fully saturated rings. The Hall–Kier alpha value is -2.18. The molecular formula is C21H26N2O3S. The lowest BCUT2D eigenvalue weighted by Gasteiger charge is -2.18. The van der Waals surface area contributed by atoms with Crippen LogP contribution in [0.25, 0.3) is 0 Å². The second-order valence-corrected chi connectivity index (χ2v) is 8.02. The van der Waals surface area contributed by atoms with E-state index in [1.165, 1.54) is 16.2 Å². The summed E-state index contributed by atoms with van der Waals surface area (Å²) >= 11 is 1.52. The highest BCUT2D eigenvalue weighted by Crippen LogP contribution is 2.40. The van der Waals surface area contributed by atoms with Crippen LogP contribution in [-0.4, -0.2) is 25.0 Å². The van der Waals surface area contributed by atoms with Crippen LogP contribution in [0.2, 0.25) is 0 Å². The molecule has 0 saturated heterocycles. The zero-order chi connectivity index (χ0) is 19.2. The fraction of sp³-hybridized carbons (Fsp3) is 0.429.